The molecular formula is C21H18FN5O4. The second-order valence-electron chi connectivity index (χ2n) is 6.82. The van der Waals surface area contributed by atoms with E-state index in [-0.39, 0.29) is 18.5 Å². The Morgan fingerprint density at radius 2 is 2.10 bits per heavy atom. The van der Waals surface area contributed by atoms with Crippen LogP contribution in [-0.4, -0.2) is 33.2 Å². The maximum Gasteiger partial charge on any atom is 0.339 e. The highest BCUT2D eigenvalue weighted by Gasteiger charge is 2.15. The fourth-order valence-electron chi connectivity index (χ4n) is 3.27. The highest BCUT2D eigenvalue weighted by Crippen LogP contribution is 2.25. The van der Waals surface area contributed by atoms with Crippen LogP contribution in [0.5, 0.6) is 5.75 Å². The molecule has 2 aromatic carbocycles. The summed E-state index contributed by atoms with van der Waals surface area (Å²) in [6.07, 6.45) is 1.48. The van der Waals surface area contributed by atoms with Crippen LogP contribution in [0.2, 0.25) is 0 Å². The number of benzene rings is 2. The molecule has 0 bridgehead atoms. The highest BCUT2D eigenvalue weighted by atomic mass is 19.1. The number of hydrogen-bond donors (Lipinski definition) is 1. The Bertz CT molecular complexity index is 1320. The summed E-state index contributed by atoms with van der Waals surface area (Å²) in [5.74, 6) is -0.463. The zero-order valence-corrected chi connectivity index (χ0v) is 16.8. The maximum absolute atomic E-state index is 14.1. The Labute approximate surface area is 175 Å². The summed E-state index contributed by atoms with van der Waals surface area (Å²) < 4.78 is 26.0. The van der Waals surface area contributed by atoms with Gasteiger partial charge in [-0.15, -0.1) is 5.10 Å². The lowest BCUT2D eigenvalue weighted by molar-refractivity contribution is -0.116. The molecule has 0 unspecified atom stereocenters. The van der Waals surface area contributed by atoms with Gasteiger partial charge in [0.1, 0.15) is 23.5 Å². The highest BCUT2D eigenvalue weighted by molar-refractivity contribution is 5.91. The summed E-state index contributed by atoms with van der Waals surface area (Å²) >= 11 is 0. The number of anilines is 1. The third kappa shape index (κ3) is 4.13. The third-order valence-electron chi connectivity index (χ3n) is 4.93. The molecule has 4 aromatic rings. The number of carbonyl (C=O) groups excluding carboxylic acids is 1. The lowest BCUT2D eigenvalue weighted by Gasteiger charge is -2.10. The summed E-state index contributed by atoms with van der Waals surface area (Å²) in [7, 11) is 1.53. The summed E-state index contributed by atoms with van der Waals surface area (Å²) in [6.45, 7) is 1.80. The van der Waals surface area contributed by atoms with Crippen molar-refractivity contribution >= 4 is 22.6 Å². The van der Waals surface area contributed by atoms with Gasteiger partial charge in [-0.05, 0) is 59.7 Å². The van der Waals surface area contributed by atoms with Crippen molar-refractivity contribution in [2.75, 3.05) is 12.4 Å². The Morgan fingerprint density at radius 1 is 1.26 bits per heavy atom. The largest absolute Gasteiger partial charge is 0.497 e. The quantitative estimate of drug-likeness (QED) is 0.475. The van der Waals surface area contributed by atoms with Crippen molar-refractivity contribution in [1.29, 1.82) is 0 Å². The minimum Gasteiger partial charge on any atom is -0.497 e. The van der Waals surface area contributed by atoms with Crippen LogP contribution >= 0.6 is 0 Å². The molecule has 0 aliphatic heterocycles. The van der Waals surface area contributed by atoms with Gasteiger partial charge in [0.05, 0.1) is 18.5 Å². The summed E-state index contributed by atoms with van der Waals surface area (Å²) in [6, 6.07) is 9.33. The number of methoxy groups -OCH3 is 1. The smallest absolute Gasteiger partial charge is 0.339 e. The molecule has 0 fully saturated rings. The first kappa shape index (κ1) is 20.2. The van der Waals surface area contributed by atoms with Crippen LogP contribution in [0.1, 0.15) is 17.5 Å². The van der Waals surface area contributed by atoms with Gasteiger partial charge in [-0.25, -0.2) is 13.9 Å². The van der Waals surface area contributed by atoms with Gasteiger partial charge in [0.15, 0.2) is 0 Å². The van der Waals surface area contributed by atoms with Crippen molar-refractivity contribution in [3.63, 3.8) is 0 Å². The van der Waals surface area contributed by atoms with Crippen LogP contribution in [-0.2, 0) is 11.2 Å². The molecule has 9 nitrogen and oxygen atoms in total. The Morgan fingerprint density at radius 3 is 2.84 bits per heavy atom. The van der Waals surface area contributed by atoms with Crippen LogP contribution < -0.4 is 15.7 Å². The van der Waals surface area contributed by atoms with E-state index in [0.29, 0.717) is 22.6 Å². The monoisotopic (exact) mass is 423 g/mol. The topological polar surface area (TPSA) is 112 Å². The molecule has 0 saturated carbocycles. The van der Waals surface area contributed by atoms with E-state index in [0.717, 1.165) is 10.9 Å². The van der Waals surface area contributed by atoms with Crippen LogP contribution in [0, 0.1) is 12.7 Å². The number of fused-ring (bicyclic) bond motifs is 1. The SMILES string of the molecule is COc1ccc2c(C)c(CCC(=O)Nc3cc(-n4cnnn4)ccc3F)c(=O)oc2c1. The van der Waals surface area contributed by atoms with E-state index in [4.69, 9.17) is 9.15 Å². The van der Waals surface area contributed by atoms with Crippen molar-refractivity contribution < 1.29 is 18.3 Å². The van der Waals surface area contributed by atoms with Gasteiger partial charge < -0.3 is 14.5 Å². The fraction of sp³-hybridized carbons (Fsp3) is 0.190. The van der Waals surface area contributed by atoms with E-state index >= 15 is 0 Å². The minimum atomic E-state index is -0.597. The first-order valence-electron chi connectivity index (χ1n) is 9.39. The lowest BCUT2D eigenvalue weighted by atomic mass is 10.0. The molecule has 2 heterocycles. The average Bonchev–Trinajstić information content (AvgIpc) is 3.29. The molecule has 0 aliphatic carbocycles. The Balaban J connectivity index is 1.51. The second kappa shape index (κ2) is 8.34. The molecule has 4 rings (SSSR count). The predicted octanol–water partition coefficient (Wildman–Crippen LogP) is 2.80. The van der Waals surface area contributed by atoms with Gasteiger partial charge in [-0.1, -0.05) is 0 Å². The van der Waals surface area contributed by atoms with Gasteiger partial charge >= 0.3 is 5.63 Å². The summed E-state index contributed by atoms with van der Waals surface area (Å²) in [4.78, 5) is 24.9. The Kier molecular flexibility index (Phi) is 5.44. The van der Waals surface area contributed by atoms with E-state index < -0.39 is 17.3 Å². The number of halogens is 1. The number of tetrazole rings is 1. The maximum atomic E-state index is 14.1. The fourth-order valence-corrected chi connectivity index (χ4v) is 3.27. The summed E-state index contributed by atoms with van der Waals surface area (Å²) in [5.41, 5.74) is 1.51. The molecule has 0 spiro atoms. The van der Waals surface area contributed by atoms with Crippen LogP contribution in [0.15, 0.2) is 51.9 Å². The molecule has 10 heteroatoms. The number of aryl methyl sites for hydroxylation is 1. The van der Waals surface area contributed by atoms with Crippen molar-refractivity contribution in [2.45, 2.75) is 19.8 Å². The van der Waals surface area contributed by atoms with Gasteiger partial charge in [0.25, 0.3) is 0 Å². The third-order valence-corrected chi connectivity index (χ3v) is 4.93. The normalized spacial score (nSPS) is 10.9. The number of nitrogens with zero attached hydrogens (tertiary/aromatic N) is 4. The number of amides is 1. The van der Waals surface area contributed by atoms with Gasteiger partial charge in [-0.3, -0.25) is 4.79 Å². The van der Waals surface area contributed by atoms with Crippen LogP contribution in [0.25, 0.3) is 16.7 Å². The molecule has 0 atom stereocenters. The minimum absolute atomic E-state index is 0.00707. The molecule has 1 N–H and O–H groups in total. The van der Waals surface area contributed by atoms with E-state index in [2.05, 4.69) is 20.8 Å². The molecule has 158 valence electrons. The predicted molar refractivity (Wildman–Crippen MR) is 110 cm³/mol. The summed E-state index contributed by atoms with van der Waals surface area (Å²) in [5, 5.41) is 14.1. The van der Waals surface area contributed by atoms with Crippen LogP contribution in [0.4, 0.5) is 10.1 Å². The first-order chi connectivity index (χ1) is 15.0. The molecular weight excluding hydrogens is 405 g/mol. The molecule has 0 saturated heterocycles. The Hall–Kier alpha value is -4.08. The average molecular weight is 423 g/mol. The number of ether oxygens (including phenoxy) is 1. The van der Waals surface area contributed by atoms with E-state index in [1.54, 1.807) is 25.1 Å². The number of carbonyl (C=O) groups is 1. The first-order valence-corrected chi connectivity index (χ1v) is 9.39. The van der Waals surface area contributed by atoms with E-state index in [9.17, 15) is 14.0 Å². The molecule has 31 heavy (non-hydrogen) atoms. The van der Waals surface area contributed by atoms with E-state index in [1.807, 2.05) is 0 Å². The molecule has 0 radical (unpaired) electrons. The lowest BCUT2D eigenvalue weighted by Crippen LogP contribution is -2.17. The number of hydrogen-bond acceptors (Lipinski definition) is 7. The molecule has 0 aliphatic rings. The van der Waals surface area contributed by atoms with Gasteiger partial charge in [0.2, 0.25) is 5.91 Å². The molecule has 2 aromatic heterocycles. The van der Waals surface area contributed by atoms with Crippen molar-refractivity contribution in [1.82, 2.24) is 20.2 Å². The van der Waals surface area contributed by atoms with Crippen molar-refractivity contribution in [2.24, 2.45) is 0 Å². The van der Waals surface area contributed by atoms with Gasteiger partial charge in [-0.2, -0.15) is 0 Å². The van der Waals surface area contributed by atoms with Crippen molar-refractivity contribution in [3.05, 3.63) is 70.1 Å². The van der Waals surface area contributed by atoms with Gasteiger partial charge in [0, 0.05) is 23.4 Å². The number of aromatic nitrogens is 4. The standard InChI is InChI=1S/C21H18FN5O4/c1-12-15-5-4-14(30-2)10-19(15)31-21(29)16(12)6-8-20(28)24-18-9-13(3-7-17(18)22)27-11-23-25-26-27/h3-5,7,9-11H,6,8H2,1-2H3,(H,24,28). The van der Waals surface area contributed by atoms with Crippen LogP contribution in [0.3, 0.4) is 0 Å². The molecule has 1 amide bonds. The zero-order valence-electron chi connectivity index (χ0n) is 16.8. The number of rotatable bonds is 6. The number of nitrogens with one attached hydrogen (secondary N) is 1. The van der Waals surface area contributed by atoms with Crippen molar-refractivity contribution in [3.8, 4) is 11.4 Å². The zero-order chi connectivity index (χ0) is 22.0. The van der Waals surface area contributed by atoms with E-state index in [1.165, 1.54) is 36.3 Å². The second-order valence-corrected chi connectivity index (χ2v) is 6.82.